The van der Waals surface area contributed by atoms with E-state index in [2.05, 4.69) is 10.3 Å². The van der Waals surface area contributed by atoms with Gasteiger partial charge in [0.2, 0.25) is 6.10 Å². The van der Waals surface area contributed by atoms with Gasteiger partial charge in [-0.15, -0.1) is 0 Å². The second kappa shape index (κ2) is 11.1. The molecule has 0 saturated carbocycles. The van der Waals surface area contributed by atoms with Gasteiger partial charge < -0.3 is 15.8 Å². The van der Waals surface area contributed by atoms with E-state index in [1.165, 1.54) is 18.3 Å². The van der Waals surface area contributed by atoms with Crippen LogP contribution in [0.25, 0.3) is 11.1 Å². The van der Waals surface area contributed by atoms with Gasteiger partial charge in [-0.3, -0.25) is 19.6 Å². The van der Waals surface area contributed by atoms with Crippen LogP contribution in [-0.2, 0) is 14.3 Å². The van der Waals surface area contributed by atoms with Crippen LogP contribution < -0.4 is 16.1 Å². The maximum atomic E-state index is 13.7. The van der Waals surface area contributed by atoms with Crippen molar-refractivity contribution in [1.29, 1.82) is 0 Å². The van der Waals surface area contributed by atoms with Gasteiger partial charge in [-0.25, -0.2) is 13.8 Å². The Morgan fingerprint density at radius 1 is 1.08 bits per heavy atom. The van der Waals surface area contributed by atoms with E-state index in [4.69, 9.17) is 10.5 Å². The van der Waals surface area contributed by atoms with E-state index in [1.54, 1.807) is 19.1 Å². The number of rotatable bonds is 7. The zero-order valence-corrected chi connectivity index (χ0v) is 20.6. The average molecular weight is 513 g/mol. The second-order valence-corrected chi connectivity index (χ2v) is 8.63. The number of hydroxylamine groups is 1. The number of amides is 2. The number of aromatic nitrogens is 1. The highest BCUT2D eigenvalue weighted by molar-refractivity contribution is 6.00. The monoisotopic (exact) mass is 512 g/mol. The van der Waals surface area contributed by atoms with Crippen LogP contribution in [0, 0.1) is 18.6 Å². The summed E-state index contributed by atoms with van der Waals surface area (Å²) in [4.78, 5) is 41.1. The van der Waals surface area contributed by atoms with Crippen molar-refractivity contribution in [3.8, 4) is 11.1 Å². The molecule has 0 aliphatic carbocycles. The molecule has 0 bridgehead atoms. The minimum atomic E-state index is -1.80. The molecule has 3 rings (SSSR count). The van der Waals surface area contributed by atoms with Crippen molar-refractivity contribution in [2.45, 2.75) is 39.8 Å². The maximum absolute atomic E-state index is 13.7. The van der Waals surface area contributed by atoms with E-state index in [0.717, 1.165) is 19.1 Å². The van der Waals surface area contributed by atoms with Crippen LogP contribution in [0.15, 0.2) is 48.7 Å². The summed E-state index contributed by atoms with van der Waals surface area (Å²) in [6, 6.07) is 8.19. The van der Waals surface area contributed by atoms with Crippen LogP contribution in [0.5, 0.6) is 0 Å². The Bertz CT molecular complexity index is 1340. The third kappa shape index (κ3) is 6.44. The highest BCUT2D eigenvalue weighted by Gasteiger charge is 2.30. The molecule has 4 N–H and O–H groups in total. The van der Waals surface area contributed by atoms with Crippen molar-refractivity contribution in [3.63, 3.8) is 0 Å². The predicted octanol–water partition coefficient (Wildman–Crippen LogP) is 4.08. The van der Waals surface area contributed by atoms with Gasteiger partial charge >= 0.3 is 5.97 Å². The molecular weight excluding hydrogens is 486 g/mol. The molecule has 2 amide bonds. The fourth-order valence-corrected chi connectivity index (χ4v) is 3.64. The number of nitrogen functional groups attached to an aromatic ring is 1. The smallest absolute Gasteiger partial charge is 0.303 e. The standard InChI is InChI=1S/C26H26F2N4O5/c1-13(2)31-25(34)22-10-17(12-30-24(22)29)21-6-5-20(7-14(21)3)32(36)26(35)23(37-15(4)33)16-8-18(27)11-19(28)9-16/h5-13,23,36H,1-4H3,(H2,29,30)(H,31,34). The summed E-state index contributed by atoms with van der Waals surface area (Å²) < 4.78 is 32.4. The van der Waals surface area contributed by atoms with E-state index in [1.807, 2.05) is 13.8 Å². The molecule has 1 unspecified atom stereocenters. The van der Waals surface area contributed by atoms with E-state index < -0.39 is 29.6 Å². The molecule has 11 heteroatoms. The van der Waals surface area contributed by atoms with E-state index >= 15 is 0 Å². The van der Waals surface area contributed by atoms with Crippen molar-refractivity contribution >= 4 is 29.3 Å². The number of halogens is 2. The molecule has 2 aromatic carbocycles. The lowest BCUT2D eigenvalue weighted by atomic mass is 9.99. The van der Waals surface area contributed by atoms with E-state index in [9.17, 15) is 28.4 Å². The molecule has 0 aliphatic rings. The van der Waals surface area contributed by atoms with E-state index in [0.29, 0.717) is 22.8 Å². The molecule has 0 spiro atoms. The maximum Gasteiger partial charge on any atom is 0.303 e. The zero-order chi connectivity index (χ0) is 27.4. The fourth-order valence-electron chi connectivity index (χ4n) is 3.64. The Kier molecular flexibility index (Phi) is 8.18. The first-order valence-electron chi connectivity index (χ1n) is 11.2. The number of carbonyl (C=O) groups excluding carboxylic acids is 3. The molecule has 0 radical (unpaired) electrons. The quantitative estimate of drug-likeness (QED) is 0.247. The lowest BCUT2D eigenvalue weighted by Crippen LogP contribution is -2.34. The van der Waals surface area contributed by atoms with Crippen LogP contribution in [0.2, 0.25) is 0 Å². The first kappa shape index (κ1) is 27.2. The Labute approximate surface area is 211 Å². The molecule has 0 saturated heterocycles. The van der Waals surface area contributed by atoms with Gasteiger partial charge in [-0.1, -0.05) is 6.07 Å². The molecule has 9 nitrogen and oxygen atoms in total. The number of esters is 1. The van der Waals surface area contributed by atoms with Gasteiger partial charge in [0.25, 0.3) is 11.8 Å². The van der Waals surface area contributed by atoms with Gasteiger partial charge in [0, 0.05) is 36.4 Å². The van der Waals surface area contributed by atoms with Crippen molar-refractivity contribution < 1.29 is 33.1 Å². The van der Waals surface area contributed by atoms with Gasteiger partial charge in [0.15, 0.2) is 0 Å². The summed E-state index contributed by atoms with van der Waals surface area (Å²) in [5, 5.41) is 13.6. The van der Waals surface area contributed by atoms with Crippen LogP contribution in [0.4, 0.5) is 20.3 Å². The molecule has 1 atom stereocenters. The zero-order valence-electron chi connectivity index (χ0n) is 20.6. The third-order valence-corrected chi connectivity index (χ3v) is 5.25. The number of nitrogens with one attached hydrogen (secondary N) is 1. The molecular formula is C26H26F2N4O5. The number of pyridine rings is 1. The van der Waals surface area contributed by atoms with Crippen molar-refractivity contribution in [2.75, 3.05) is 10.8 Å². The molecule has 1 heterocycles. The number of nitrogens with zero attached hydrogens (tertiary/aromatic N) is 2. The van der Waals surface area contributed by atoms with Crippen molar-refractivity contribution in [2.24, 2.45) is 0 Å². The normalized spacial score (nSPS) is 11.7. The Morgan fingerprint density at radius 2 is 1.73 bits per heavy atom. The molecule has 3 aromatic rings. The van der Waals surface area contributed by atoms with Crippen molar-refractivity contribution in [3.05, 3.63) is 77.0 Å². The molecule has 194 valence electrons. The van der Waals surface area contributed by atoms with Gasteiger partial charge in [0.1, 0.15) is 17.5 Å². The first-order chi connectivity index (χ1) is 17.4. The minimum absolute atomic E-state index is 0.00135. The summed E-state index contributed by atoms with van der Waals surface area (Å²) in [7, 11) is 0. The fraction of sp³-hybridized carbons (Fsp3) is 0.231. The highest BCUT2D eigenvalue weighted by atomic mass is 19.1. The third-order valence-electron chi connectivity index (χ3n) is 5.25. The number of ether oxygens (including phenoxy) is 1. The van der Waals surface area contributed by atoms with Crippen molar-refractivity contribution in [1.82, 2.24) is 10.3 Å². The summed E-state index contributed by atoms with van der Waals surface area (Å²) in [5.41, 5.74) is 7.58. The minimum Gasteiger partial charge on any atom is -0.447 e. The number of hydrogen-bond donors (Lipinski definition) is 3. The lowest BCUT2D eigenvalue weighted by Gasteiger charge is -2.23. The van der Waals surface area contributed by atoms with Crippen LogP contribution >= 0.6 is 0 Å². The number of aryl methyl sites for hydroxylation is 1. The molecule has 0 fully saturated rings. The topological polar surface area (TPSA) is 135 Å². The largest absolute Gasteiger partial charge is 0.447 e. The van der Waals surface area contributed by atoms with Crippen LogP contribution in [0.3, 0.4) is 0 Å². The molecule has 37 heavy (non-hydrogen) atoms. The number of hydrogen-bond acceptors (Lipinski definition) is 7. The second-order valence-electron chi connectivity index (χ2n) is 8.63. The Balaban J connectivity index is 1.93. The Morgan fingerprint density at radius 3 is 2.30 bits per heavy atom. The highest BCUT2D eigenvalue weighted by Crippen LogP contribution is 2.30. The SMILES string of the molecule is CC(=O)OC(C(=O)N(O)c1ccc(-c2cnc(N)c(C(=O)NC(C)C)c2)c(C)c1)c1cc(F)cc(F)c1. The van der Waals surface area contributed by atoms with Crippen LogP contribution in [-0.4, -0.2) is 34.0 Å². The summed E-state index contributed by atoms with van der Waals surface area (Å²) in [6.45, 7) is 6.35. The number of nitrogens with two attached hydrogens (primary N) is 1. The Hall–Kier alpha value is -4.38. The predicted molar refractivity (Wildman–Crippen MR) is 132 cm³/mol. The van der Waals surface area contributed by atoms with Crippen LogP contribution in [0.1, 0.15) is 48.4 Å². The molecule has 1 aromatic heterocycles. The lowest BCUT2D eigenvalue weighted by molar-refractivity contribution is -0.155. The number of benzene rings is 2. The van der Waals surface area contributed by atoms with Gasteiger partial charge in [0.05, 0.1) is 11.3 Å². The van der Waals surface area contributed by atoms with Gasteiger partial charge in [-0.2, -0.15) is 5.06 Å². The molecule has 0 aliphatic heterocycles. The van der Waals surface area contributed by atoms with E-state index in [-0.39, 0.29) is 39.6 Å². The first-order valence-corrected chi connectivity index (χ1v) is 11.2. The summed E-state index contributed by atoms with van der Waals surface area (Å²) >= 11 is 0. The number of carbonyl (C=O) groups is 3. The summed E-state index contributed by atoms with van der Waals surface area (Å²) in [6.07, 6.45) is -0.309. The average Bonchev–Trinajstić information content (AvgIpc) is 2.80. The van der Waals surface area contributed by atoms with Gasteiger partial charge in [-0.05, 0) is 62.2 Å². The summed E-state index contributed by atoms with van der Waals surface area (Å²) in [5.74, 6) is -4.32. The number of anilines is 2.